The summed E-state index contributed by atoms with van der Waals surface area (Å²) in [6, 6.07) is 1.97. The van der Waals surface area contributed by atoms with Crippen LogP contribution in [0.2, 0.25) is 0 Å². The van der Waals surface area contributed by atoms with Gasteiger partial charge in [-0.05, 0) is 19.9 Å². The fourth-order valence-electron chi connectivity index (χ4n) is 1.41. The van der Waals surface area contributed by atoms with Crippen LogP contribution in [0, 0.1) is 0 Å². The molecule has 1 rings (SSSR count). The minimum atomic E-state index is -0.828. The molecule has 0 atom stereocenters. The molecule has 0 radical (unpaired) electrons. The van der Waals surface area contributed by atoms with Gasteiger partial charge in [-0.15, -0.1) is 0 Å². The monoisotopic (exact) mass is 196 g/mol. The first kappa shape index (κ1) is 11.2. The Morgan fingerprint density at radius 1 is 1.21 bits per heavy atom. The Morgan fingerprint density at radius 3 is 1.93 bits per heavy atom. The lowest BCUT2D eigenvalue weighted by molar-refractivity contribution is 0.0696. The fraction of sp³-hybridized carbons (Fsp3) is 0.727. The van der Waals surface area contributed by atoms with Gasteiger partial charge < -0.3 is 5.11 Å². The van der Waals surface area contributed by atoms with E-state index in [0.717, 1.165) is 11.4 Å². The van der Waals surface area contributed by atoms with Crippen LogP contribution in [-0.2, 0) is 18.1 Å². The number of aromatic nitrogens is 2. The Balaban J connectivity index is 3.19. The average Bonchev–Trinajstić information content (AvgIpc) is 2.27. The fourth-order valence-corrected chi connectivity index (χ4v) is 1.41. The van der Waals surface area contributed by atoms with Crippen molar-refractivity contribution < 1.29 is 5.11 Å². The van der Waals surface area contributed by atoms with Crippen molar-refractivity contribution in [3.8, 4) is 0 Å². The number of rotatable bonds is 1. The molecule has 0 aliphatic carbocycles. The van der Waals surface area contributed by atoms with Crippen molar-refractivity contribution in [2.24, 2.45) is 7.05 Å². The first-order chi connectivity index (χ1) is 6.12. The van der Waals surface area contributed by atoms with E-state index in [9.17, 15) is 5.11 Å². The van der Waals surface area contributed by atoms with Crippen molar-refractivity contribution in [3.63, 3.8) is 0 Å². The molecular weight excluding hydrogens is 176 g/mol. The molecule has 3 heteroatoms. The van der Waals surface area contributed by atoms with Gasteiger partial charge in [-0.2, -0.15) is 5.10 Å². The summed E-state index contributed by atoms with van der Waals surface area (Å²) >= 11 is 0. The first-order valence-corrected chi connectivity index (χ1v) is 4.90. The van der Waals surface area contributed by atoms with E-state index < -0.39 is 5.60 Å². The molecule has 0 aliphatic rings. The van der Waals surface area contributed by atoms with Gasteiger partial charge in [0.25, 0.3) is 0 Å². The van der Waals surface area contributed by atoms with E-state index in [4.69, 9.17) is 0 Å². The van der Waals surface area contributed by atoms with Gasteiger partial charge in [0.1, 0.15) is 5.60 Å². The topological polar surface area (TPSA) is 38.0 Å². The second kappa shape index (κ2) is 3.09. The van der Waals surface area contributed by atoms with Gasteiger partial charge in [0.2, 0.25) is 0 Å². The third kappa shape index (κ3) is 2.15. The molecule has 1 N–H and O–H groups in total. The van der Waals surface area contributed by atoms with Crippen LogP contribution in [0.25, 0.3) is 0 Å². The highest BCUT2D eigenvalue weighted by Gasteiger charge is 2.25. The summed E-state index contributed by atoms with van der Waals surface area (Å²) in [4.78, 5) is 0. The smallest absolute Gasteiger partial charge is 0.101 e. The summed E-state index contributed by atoms with van der Waals surface area (Å²) in [5.74, 6) is 0. The molecule has 0 spiro atoms. The molecular formula is C11H20N2O. The van der Waals surface area contributed by atoms with Crippen LogP contribution in [-0.4, -0.2) is 14.9 Å². The van der Waals surface area contributed by atoms with Gasteiger partial charge in [-0.25, -0.2) is 0 Å². The molecule has 80 valence electrons. The third-order valence-electron chi connectivity index (χ3n) is 2.28. The summed E-state index contributed by atoms with van der Waals surface area (Å²) < 4.78 is 1.75. The van der Waals surface area contributed by atoms with E-state index in [0.29, 0.717) is 0 Å². The Hall–Kier alpha value is -0.830. The zero-order valence-corrected chi connectivity index (χ0v) is 9.92. The molecule has 0 fully saturated rings. The molecule has 0 aliphatic heterocycles. The molecule has 3 nitrogen and oxygen atoms in total. The Bertz CT molecular complexity index is 326. The van der Waals surface area contributed by atoms with Crippen molar-refractivity contribution in [3.05, 3.63) is 17.5 Å². The maximum atomic E-state index is 9.89. The van der Waals surface area contributed by atoms with Gasteiger partial charge in [0.15, 0.2) is 0 Å². The molecule has 0 saturated heterocycles. The molecule has 14 heavy (non-hydrogen) atoms. The predicted octanol–water partition coefficient (Wildman–Crippen LogP) is 1.94. The molecule has 0 bridgehead atoms. The number of nitrogens with zero attached hydrogens (tertiary/aromatic N) is 2. The highest BCUT2D eigenvalue weighted by atomic mass is 16.3. The van der Waals surface area contributed by atoms with Gasteiger partial charge in [-0.3, -0.25) is 4.68 Å². The van der Waals surface area contributed by atoms with E-state index in [2.05, 4.69) is 25.9 Å². The van der Waals surface area contributed by atoms with E-state index in [-0.39, 0.29) is 5.41 Å². The summed E-state index contributed by atoms with van der Waals surface area (Å²) in [7, 11) is 1.86. The van der Waals surface area contributed by atoms with Gasteiger partial charge >= 0.3 is 0 Å². The molecule has 1 aromatic heterocycles. The number of hydrogen-bond acceptors (Lipinski definition) is 2. The summed E-state index contributed by atoms with van der Waals surface area (Å²) in [5.41, 5.74) is 1.06. The summed E-state index contributed by atoms with van der Waals surface area (Å²) in [5, 5.41) is 14.3. The van der Waals surface area contributed by atoms with E-state index in [1.807, 2.05) is 13.1 Å². The minimum absolute atomic E-state index is 0.0290. The van der Waals surface area contributed by atoms with E-state index in [1.165, 1.54) is 0 Å². The van der Waals surface area contributed by atoms with Crippen molar-refractivity contribution >= 4 is 0 Å². The number of aliphatic hydroxyl groups is 1. The van der Waals surface area contributed by atoms with Crippen molar-refractivity contribution in [1.82, 2.24) is 9.78 Å². The summed E-state index contributed by atoms with van der Waals surface area (Å²) in [6.45, 7) is 9.89. The largest absolute Gasteiger partial charge is 0.384 e. The first-order valence-electron chi connectivity index (χ1n) is 4.90. The molecule has 0 unspecified atom stereocenters. The molecule has 0 aromatic carbocycles. The van der Waals surface area contributed by atoms with E-state index >= 15 is 0 Å². The lowest BCUT2D eigenvalue weighted by Gasteiger charge is -2.16. The minimum Gasteiger partial charge on any atom is -0.384 e. The maximum absolute atomic E-state index is 9.89. The lowest BCUT2D eigenvalue weighted by atomic mass is 9.91. The Labute approximate surface area is 85.8 Å². The van der Waals surface area contributed by atoms with Crippen LogP contribution < -0.4 is 0 Å². The van der Waals surface area contributed by atoms with Gasteiger partial charge in [-0.1, -0.05) is 20.8 Å². The van der Waals surface area contributed by atoms with Crippen LogP contribution in [0.5, 0.6) is 0 Å². The van der Waals surface area contributed by atoms with Gasteiger partial charge in [0.05, 0.1) is 11.4 Å². The van der Waals surface area contributed by atoms with Crippen molar-refractivity contribution in [1.29, 1.82) is 0 Å². The van der Waals surface area contributed by atoms with Crippen molar-refractivity contribution in [2.45, 2.75) is 45.6 Å². The zero-order chi connectivity index (χ0) is 11.1. The standard InChI is InChI=1S/C11H20N2O/c1-10(2,3)8-7-9(11(4,5)14)13(6)12-8/h7,14H,1-6H3. The lowest BCUT2D eigenvalue weighted by Crippen LogP contribution is -2.19. The molecule has 1 aromatic rings. The number of hydrogen-bond donors (Lipinski definition) is 1. The van der Waals surface area contributed by atoms with Crippen LogP contribution in [0.1, 0.15) is 46.0 Å². The molecule has 1 heterocycles. The zero-order valence-electron chi connectivity index (χ0n) is 9.92. The predicted molar refractivity (Wildman–Crippen MR) is 57.2 cm³/mol. The van der Waals surface area contributed by atoms with Crippen molar-refractivity contribution in [2.75, 3.05) is 0 Å². The van der Waals surface area contributed by atoms with Crippen LogP contribution in [0.4, 0.5) is 0 Å². The second-order valence-corrected chi connectivity index (χ2v) is 5.35. The SMILES string of the molecule is Cn1nc(C(C)(C)C)cc1C(C)(C)O. The molecule has 0 amide bonds. The maximum Gasteiger partial charge on any atom is 0.101 e. The number of aryl methyl sites for hydroxylation is 1. The highest BCUT2D eigenvalue weighted by Crippen LogP contribution is 2.26. The highest BCUT2D eigenvalue weighted by molar-refractivity contribution is 5.21. The van der Waals surface area contributed by atoms with E-state index in [1.54, 1.807) is 18.5 Å². The average molecular weight is 196 g/mol. The third-order valence-corrected chi connectivity index (χ3v) is 2.28. The van der Waals surface area contributed by atoms with Crippen LogP contribution in [0.15, 0.2) is 6.07 Å². The normalized spacial score (nSPS) is 13.4. The quantitative estimate of drug-likeness (QED) is 0.745. The molecule has 0 saturated carbocycles. The Kier molecular flexibility index (Phi) is 2.48. The Morgan fingerprint density at radius 2 is 1.71 bits per heavy atom. The van der Waals surface area contributed by atoms with Crippen LogP contribution >= 0.6 is 0 Å². The van der Waals surface area contributed by atoms with Crippen LogP contribution in [0.3, 0.4) is 0 Å². The van der Waals surface area contributed by atoms with Gasteiger partial charge in [0, 0.05) is 12.5 Å². The summed E-state index contributed by atoms with van der Waals surface area (Å²) in [6.07, 6.45) is 0. The second-order valence-electron chi connectivity index (χ2n) is 5.35.